The van der Waals surface area contributed by atoms with Gasteiger partial charge in [0.2, 0.25) is 0 Å². The van der Waals surface area contributed by atoms with E-state index in [1.807, 2.05) is 32.8 Å². The van der Waals surface area contributed by atoms with Crippen molar-refractivity contribution in [3.63, 3.8) is 0 Å². The van der Waals surface area contributed by atoms with E-state index in [-0.39, 0.29) is 12.0 Å². The Hall–Kier alpha value is -1.40. The van der Waals surface area contributed by atoms with Crippen molar-refractivity contribution in [3.8, 4) is 0 Å². The van der Waals surface area contributed by atoms with Crippen LogP contribution in [0.25, 0.3) is 0 Å². The van der Waals surface area contributed by atoms with Gasteiger partial charge in [-0.3, -0.25) is 9.48 Å². The quantitative estimate of drug-likeness (QED) is 0.843. The summed E-state index contributed by atoms with van der Waals surface area (Å²) in [4.78, 5) is 14.5. The Morgan fingerprint density at radius 1 is 1.53 bits per heavy atom. The zero-order chi connectivity index (χ0) is 14.0. The third-order valence-electron chi connectivity index (χ3n) is 3.58. The van der Waals surface area contributed by atoms with E-state index in [1.54, 1.807) is 4.68 Å². The molecule has 1 fully saturated rings. The Bertz CT molecular complexity index is 467. The zero-order valence-electron chi connectivity index (χ0n) is 12.1. The van der Waals surface area contributed by atoms with E-state index in [4.69, 9.17) is 4.74 Å². The van der Waals surface area contributed by atoms with Crippen LogP contribution in [-0.2, 0) is 11.8 Å². The normalized spacial score (nSPS) is 19.8. The molecular formula is C13H22N4O2. The molecule has 1 saturated heterocycles. The molecule has 6 nitrogen and oxygen atoms in total. The van der Waals surface area contributed by atoms with E-state index in [0.29, 0.717) is 19.7 Å². The van der Waals surface area contributed by atoms with Gasteiger partial charge in [0.1, 0.15) is 0 Å². The van der Waals surface area contributed by atoms with E-state index >= 15 is 0 Å². The first kappa shape index (κ1) is 14.0. The van der Waals surface area contributed by atoms with E-state index in [1.165, 1.54) is 0 Å². The molecule has 1 N–H and O–H groups in total. The lowest BCUT2D eigenvalue weighted by Crippen LogP contribution is -2.48. The Morgan fingerprint density at radius 3 is 2.84 bits per heavy atom. The summed E-state index contributed by atoms with van der Waals surface area (Å²) in [5.74, 6) is 0.0625. The number of hydrogen-bond acceptors (Lipinski definition) is 4. The van der Waals surface area contributed by atoms with E-state index in [0.717, 1.165) is 23.5 Å². The van der Waals surface area contributed by atoms with Crippen molar-refractivity contribution in [2.24, 2.45) is 7.05 Å². The zero-order valence-corrected chi connectivity index (χ0v) is 12.1. The van der Waals surface area contributed by atoms with Crippen LogP contribution in [0.15, 0.2) is 0 Å². The average molecular weight is 266 g/mol. The Balaban J connectivity index is 2.15. The SMILES string of the molecule is CNCC1CN(C(=O)c2c(C)nn(C)c2C)CCO1. The molecule has 0 radical (unpaired) electrons. The van der Waals surface area contributed by atoms with Crippen LogP contribution < -0.4 is 5.32 Å². The number of likely N-dealkylation sites (N-methyl/N-ethyl adjacent to an activating group) is 1. The maximum absolute atomic E-state index is 12.6. The standard InChI is InChI=1S/C13H22N4O2/c1-9-12(10(2)16(4)15-9)13(18)17-5-6-19-11(8-17)7-14-3/h11,14H,5-8H2,1-4H3. The first-order valence-electron chi connectivity index (χ1n) is 6.60. The smallest absolute Gasteiger partial charge is 0.257 e. The van der Waals surface area contributed by atoms with Gasteiger partial charge >= 0.3 is 0 Å². The van der Waals surface area contributed by atoms with E-state index in [9.17, 15) is 4.79 Å². The van der Waals surface area contributed by atoms with Crippen LogP contribution in [0.5, 0.6) is 0 Å². The van der Waals surface area contributed by atoms with Crippen molar-refractivity contribution in [2.45, 2.75) is 20.0 Å². The van der Waals surface area contributed by atoms with Crippen LogP contribution in [0.2, 0.25) is 0 Å². The molecule has 1 aliphatic heterocycles. The fraction of sp³-hybridized carbons (Fsp3) is 0.692. The second-order valence-electron chi connectivity index (χ2n) is 4.97. The number of aromatic nitrogens is 2. The highest BCUT2D eigenvalue weighted by molar-refractivity contribution is 5.96. The maximum Gasteiger partial charge on any atom is 0.257 e. The molecule has 1 unspecified atom stereocenters. The number of aryl methyl sites for hydroxylation is 2. The van der Waals surface area contributed by atoms with Gasteiger partial charge in [-0.15, -0.1) is 0 Å². The summed E-state index contributed by atoms with van der Waals surface area (Å²) in [6.07, 6.45) is 0.0694. The third kappa shape index (κ3) is 2.79. The van der Waals surface area contributed by atoms with Gasteiger partial charge in [-0.25, -0.2) is 0 Å². The number of rotatable bonds is 3. The predicted octanol–water partition coefficient (Wildman–Crippen LogP) is 0.0973. The Kier molecular flexibility index (Phi) is 4.21. The van der Waals surface area contributed by atoms with Gasteiger partial charge in [-0.05, 0) is 20.9 Å². The van der Waals surface area contributed by atoms with Gasteiger partial charge in [0.05, 0.1) is 24.0 Å². The fourth-order valence-corrected chi connectivity index (χ4v) is 2.50. The summed E-state index contributed by atoms with van der Waals surface area (Å²) in [5, 5.41) is 7.39. The van der Waals surface area contributed by atoms with Crippen LogP contribution in [0.3, 0.4) is 0 Å². The monoisotopic (exact) mass is 266 g/mol. The van der Waals surface area contributed by atoms with Crippen molar-refractivity contribution in [1.82, 2.24) is 20.0 Å². The minimum absolute atomic E-state index is 0.0625. The van der Waals surface area contributed by atoms with Gasteiger partial charge < -0.3 is 15.0 Å². The summed E-state index contributed by atoms with van der Waals surface area (Å²) >= 11 is 0. The second-order valence-corrected chi connectivity index (χ2v) is 4.97. The summed E-state index contributed by atoms with van der Waals surface area (Å²) in [6, 6.07) is 0. The molecule has 1 aliphatic rings. The van der Waals surface area contributed by atoms with Crippen LogP contribution >= 0.6 is 0 Å². The minimum atomic E-state index is 0.0625. The summed E-state index contributed by atoms with van der Waals surface area (Å²) in [6.45, 7) is 6.44. The number of carbonyl (C=O) groups excluding carboxylic acids is 1. The molecule has 6 heteroatoms. The van der Waals surface area contributed by atoms with Crippen molar-refractivity contribution in [3.05, 3.63) is 17.0 Å². The first-order chi connectivity index (χ1) is 9.04. The van der Waals surface area contributed by atoms with Gasteiger partial charge in [-0.2, -0.15) is 5.10 Å². The van der Waals surface area contributed by atoms with Crippen molar-refractivity contribution < 1.29 is 9.53 Å². The molecular weight excluding hydrogens is 244 g/mol. The molecule has 1 atom stereocenters. The van der Waals surface area contributed by atoms with Crippen molar-refractivity contribution >= 4 is 5.91 Å². The highest BCUT2D eigenvalue weighted by Gasteiger charge is 2.28. The molecule has 2 heterocycles. The molecule has 0 saturated carbocycles. The number of nitrogens with zero attached hydrogens (tertiary/aromatic N) is 3. The van der Waals surface area contributed by atoms with Crippen LogP contribution in [0.4, 0.5) is 0 Å². The third-order valence-corrected chi connectivity index (χ3v) is 3.58. The Morgan fingerprint density at radius 2 is 2.26 bits per heavy atom. The van der Waals surface area contributed by atoms with Gasteiger partial charge in [-0.1, -0.05) is 0 Å². The number of morpholine rings is 1. The van der Waals surface area contributed by atoms with Gasteiger partial charge in [0.25, 0.3) is 5.91 Å². The lowest BCUT2D eigenvalue weighted by Gasteiger charge is -2.33. The molecule has 0 spiro atoms. The van der Waals surface area contributed by atoms with Crippen LogP contribution in [0.1, 0.15) is 21.7 Å². The lowest BCUT2D eigenvalue weighted by atomic mass is 10.1. The largest absolute Gasteiger partial charge is 0.373 e. The number of hydrogen-bond donors (Lipinski definition) is 1. The number of amides is 1. The molecule has 0 aromatic carbocycles. The molecule has 0 bridgehead atoms. The van der Waals surface area contributed by atoms with Crippen LogP contribution in [-0.4, -0.2) is 60.0 Å². The second kappa shape index (κ2) is 5.71. The number of nitrogens with one attached hydrogen (secondary N) is 1. The van der Waals surface area contributed by atoms with E-state index < -0.39 is 0 Å². The minimum Gasteiger partial charge on any atom is -0.373 e. The summed E-state index contributed by atoms with van der Waals surface area (Å²) in [5.41, 5.74) is 2.44. The maximum atomic E-state index is 12.6. The van der Waals surface area contributed by atoms with Crippen molar-refractivity contribution in [1.29, 1.82) is 0 Å². The predicted molar refractivity (Wildman–Crippen MR) is 72.3 cm³/mol. The molecule has 1 aromatic heterocycles. The van der Waals surface area contributed by atoms with Gasteiger partial charge in [0.15, 0.2) is 0 Å². The first-order valence-corrected chi connectivity index (χ1v) is 6.60. The molecule has 1 amide bonds. The summed E-state index contributed by atoms with van der Waals surface area (Å²) in [7, 11) is 3.75. The molecule has 1 aromatic rings. The lowest BCUT2D eigenvalue weighted by molar-refractivity contribution is -0.0196. The molecule has 19 heavy (non-hydrogen) atoms. The topological polar surface area (TPSA) is 59.4 Å². The van der Waals surface area contributed by atoms with E-state index in [2.05, 4.69) is 10.4 Å². The number of ether oxygens (including phenoxy) is 1. The van der Waals surface area contributed by atoms with Crippen LogP contribution in [0, 0.1) is 13.8 Å². The fourth-order valence-electron chi connectivity index (χ4n) is 2.50. The number of carbonyl (C=O) groups is 1. The molecule has 0 aliphatic carbocycles. The molecule has 106 valence electrons. The van der Waals surface area contributed by atoms with Crippen molar-refractivity contribution in [2.75, 3.05) is 33.3 Å². The highest BCUT2D eigenvalue weighted by Crippen LogP contribution is 2.16. The summed E-state index contributed by atoms with van der Waals surface area (Å²) < 4.78 is 7.38. The molecule has 2 rings (SSSR count). The van der Waals surface area contributed by atoms with Gasteiger partial charge in [0, 0.05) is 32.4 Å². The highest BCUT2D eigenvalue weighted by atomic mass is 16.5. The average Bonchev–Trinajstić information content (AvgIpc) is 2.63. The Labute approximate surface area is 113 Å².